The van der Waals surface area contributed by atoms with Crippen molar-refractivity contribution in [1.29, 1.82) is 0 Å². The zero-order valence-electron chi connectivity index (χ0n) is 13.9. The van der Waals surface area contributed by atoms with Crippen LogP contribution in [0.1, 0.15) is 49.7 Å². The van der Waals surface area contributed by atoms with E-state index in [0.29, 0.717) is 18.6 Å². The molecule has 0 radical (unpaired) electrons. The van der Waals surface area contributed by atoms with E-state index < -0.39 is 0 Å². The summed E-state index contributed by atoms with van der Waals surface area (Å²) < 4.78 is 13.0. The van der Waals surface area contributed by atoms with E-state index in [2.05, 4.69) is 31.4 Å². The Hall–Kier alpha value is -0.840. The van der Waals surface area contributed by atoms with Crippen LogP contribution in [0.5, 0.6) is 0 Å². The van der Waals surface area contributed by atoms with Crippen LogP contribution >= 0.6 is 0 Å². The first kappa shape index (κ1) is 16.5. The fourth-order valence-electron chi connectivity index (χ4n) is 3.38. The van der Waals surface area contributed by atoms with Crippen molar-refractivity contribution in [2.24, 2.45) is 11.1 Å². The molecule has 120 valence electrons. The maximum Gasteiger partial charge on any atom is 0.0700 e. The SMILES string of the molecule is COCCOCCCn1c(C)cc2c1CC(C)(C)CC2N. The molecule has 2 rings (SSSR count). The van der Waals surface area contributed by atoms with E-state index in [1.807, 2.05) is 0 Å². The molecule has 0 fully saturated rings. The Labute approximate surface area is 128 Å². The number of hydrogen-bond donors (Lipinski definition) is 1. The van der Waals surface area contributed by atoms with E-state index in [4.69, 9.17) is 15.2 Å². The average molecular weight is 294 g/mol. The molecule has 4 nitrogen and oxygen atoms in total. The van der Waals surface area contributed by atoms with Crippen molar-refractivity contribution in [2.45, 2.75) is 52.6 Å². The minimum Gasteiger partial charge on any atom is -0.382 e. The fraction of sp³-hybridized carbons (Fsp3) is 0.765. The molecular weight excluding hydrogens is 264 g/mol. The van der Waals surface area contributed by atoms with Gasteiger partial charge in [-0.2, -0.15) is 0 Å². The fourth-order valence-corrected chi connectivity index (χ4v) is 3.38. The van der Waals surface area contributed by atoms with Gasteiger partial charge in [0.05, 0.1) is 13.2 Å². The van der Waals surface area contributed by atoms with Crippen molar-refractivity contribution in [2.75, 3.05) is 26.9 Å². The molecule has 1 aromatic heterocycles. The second kappa shape index (κ2) is 6.95. The first-order chi connectivity index (χ1) is 9.94. The molecule has 0 spiro atoms. The number of aromatic nitrogens is 1. The molecule has 1 heterocycles. The highest BCUT2D eigenvalue weighted by Gasteiger charge is 2.33. The zero-order chi connectivity index (χ0) is 15.5. The third kappa shape index (κ3) is 4.09. The van der Waals surface area contributed by atoms with Gasteiger partial charge in [0.15, 0.2) is 0 Å². The highest BCUT2D eigenvalue weighted by atomic mass is 16.5. The summed E-state index contributed by atoms with van der Waals surface area (Å²) in [4.78, 5) is 0. The Balaban J connectivity index is 1.98. The number of nitrogens with zero attached hydrogens (tertiary/aromatic N) is 1. The van der Waals surface area contributed by atoms with Crippen molar-refractivity contribution in [3.63, 3.8) is 0 Å². The molecule has 0 bridgehead atoms. The summed E-state index contributed by atoms with van der Waals surface area (Å²) in [6.07, 6.45) is 3.22. The van der Waals surface area contributed by atoms with Crippen molar-refractivity contribution in [3.05, 3.63) is 23.0 Å². The van der Waals surface area contributed by atoms with Crippen molar-refractivity contribution < 1.29 is 9.47 Å². The van der Waals surface area contributed by atoms with Gasteiger partial charge in [0, 0.05) is 37.7 Å². The average Bonchev–Trinajstić information content (AvgIpc) is 2.69. The van der Waals surface area contributed by atoms with Crippen LogP contribution < -0.4 is 5.73 Å². The predicted molar refractivity (Wildman–Crippen MR) is 85.5 cm³/mol. The molecule has 21 heavy (non-hydrogen) atoms. The predicted octanol–water partition coefficient (Wildman–Crippen LogP) is 2.82. The van der Waals surface area contributed by atoms with Crippen molar-refractivity contribution in [1.82, 2.24) is 4.57 Å². The molecule has 4 heteroatoms. The van der Waals surface area contributed by atoms with Crippen LogP contribution in [0, 0.1) is 12.3 Å². The van der Waals surface area contributed by atoms with Gasteiger partial charge in [-0.05, 0) is 43.2 Å². The summed E-state index contributed by atoms with van der Waals surface area (Å²) in [6.45, 7) is 9.96. The summed E-state index contributed by atoms with van der Waals surface area (Å²) in [5.74, 6) is 0. The summed E-state index contributed by atoms with van der Waals surface area (Å²) in [5.41, 5.74) is 10.8. The lowest BCUT2D eigenvalue weighted by Gasteiger charge is -2.34. The smallest absolute Gasteiger partial charge is 0.0700 e. The van der Waals surface area contributed by atoms with Crippen LogP contribution in [-0.2, 0) is 22.4 Å². The van der Waals surface area contributed by atoms with Crippen LogP contribution in [0.2, 0.25) is 0 Å². The first-order valence-electron chi connectivity index (χ1n) is 7.96. The Morgan fingerprint density at radius 1 is 1.33 bits per heavy atom. The quantitative estimate of drug-likeness (QED) is 0.787. The Kier molecular flexibility index (Phi) is 5.47. The maximum atomic E-state index is 6.36. The van der Waals surface area contributed by atoms with Crippen molar-refractivity contribution in [3.8, 4) is 0 Å². The van der Waals surface area contributed by atoms with E-state index >= 15 is 0 Å². The lowest BCUT2D eigenvalue weighted by molar-refractivity contribution is 0.0678. The van der Waals surface area contributed by atoms with Gasteiger partial charge in [-0.25, -0.2) is 0 Å². The lowest BCUT2D eigenvalue weighted by atomic mass is 9.74. The third-order valence-corrected chi connectivity index (χ3v) is 4.37. The molecule has 1 aliphatic carbocycles. The molecule has 1 aliphatic rings. The van der Waals surface area contributed by atoms with Gasteiger partial charge < -0.3 is 19.8 Å². The second-order valence-electron chi connectivity index (χ2n) is 6.95. The van der Waals surface area contributed by atoms with E-state index in [9.17, 15) is 0 Å². The summed E-state index contributed by atoms with van der Waals surface area (Å²) in [5, 5.41) is 0. The van der Waals surface area contributed by atoms with Crippen LogP contribution in [0.3, 0.4) is 0 Å². The van der Waals surface area contributed by atoms with Crippen LogP contribution in [-0.4, -0.2) is 31.5 Å². The van der Waals surface area contributed by atoms with Gasteiger partial charge >= 0.3 is 0 Å². The lowest BCUT2D eigenvalue weighted by Crippen LogP contribution is -2.30. The molecule has 0 amide bonds. The number of aryl methyl sites for hydroxylation is 1. The molecule has 2 N–H and O–H groups in total. The second-order valence-corrected chi connectivity index (χ2v) is 6.95. The summed E-state index contributed by atoms with van der Waals surface area (Å²) in [7, 11) is 1.70. The minimum absolute atomic E-state index is 0.182. The molecular formula is C17H30N2O2. The summed E-state index contributed by atoms with van der Waals surface area (Å²) >= 11 is 0. The molecule has 0 aromatic carbocycles. The van der Waals surface area contributed by atoms with E-state index in [0.717, 1.165) is 32.4 Å². The van der Waals surface area contributed by atoms with Gasteiger partial charge in [0.2, 0.25) is 0 Å². The molecule has 0 saturated carbocycles. The monoisotopic (exact) mass is 294 g/mol. The number of nitrogens with two attached hydrogens (primary N) is 1. The number of fused-ring (bicyclic) bond motifs is 1. The number of rotatable bonds is 7. The largest absolute Gasteiger partial charge is 0.382 e. The van der Waals surface area contributed by atoms with E-state index in [1.165, 1.54) is 17.0 Å². The van der Waals surface area contributed by atoms with E-state index in [-0.39, 0.29) is 6.04 Å². The van der Waals surface area contributed by atoms with Crippen LogP contribution in [0.25, 0.3) is 0 Å². The Morgan fingerprint density at radius 3 is 2.81 bits per heavy atom. The highest BCUT2D eigenvalue weighted by Crippen LogP contribution is 2.40. The minimum atomic E-state index is 0.182. The molecule has 1 unspecified atom stereocenters. The van der Waals surface area contributed by atoms with Crippen LogP contribution in [0.15, 0.2) is 6.07 Å². The number of ether oxygens (including phenoxy) is 2. The van der Waals surface area contributed by atoms with Crippen molar-refractivity contribution >= 4 is 0 Å². The van der Waals surface area contributed by atoms with Gasteiger partial charge in [-0.15, -0.1) is 0 Å². The first-order valence-corrected chi connectivity index (χ1v) is 7.96. The molecule has 1 aromatic rings. The van der Waals surface area contributed by atoms with Crippen LogP contribution in [0.4, 0.5) is 0 Å². The normalized spacial score (nSPS) is 20.5. The van der Waals surface area contributed by atoms with Gasteiger partial charge in [0.1, 0.15) is 0 Å². The van der Waals surface area contributed by atoms with Gasteiger partial charge in [-0.3, -0.25) is 0 Å². The standard InChI is InChI=1S/C17H30N2O2/c1-13-10-14-15(18)11-17(2,3)12-16(14)19(13)6-5-7-21-9-8-20-4/h10,15H,5-9,11-12,18H2,1-4H3. The zero-order valence-corrected chi connectivity index (χ0v) is 13.9. The van der Waals surface area contributed by atoms with Gasteiger partial charge in [-0.1, -0.05) is 13.8 Å². The van der Waals surface area contributed by atoms with Gasteiger partial charge in [0.25, 0.3) is 0 Å². The molecule has 0 saturated heterocycles. The Morgan fingerprint density at radius 2 is 2.10 bits per heavy atom. The Bertz CT molecular complexity index is 466. The number of methoxy groups -OCH3 is 1. The molecule has 0 aliphatic heterocycles. The topological polar surface area (TPSA) is 49.4 Å². The summed E-state index contributed by atoms with van der Waals surface area (Å²) in [6, 6.07) is 2.46. The third-order valence-electron chi connectivity index (χ3n) is 4.37. The highest BCUT2D eigenvalue weighted by molar-refractivity contribution is 5.34. The van der Waals surface area contributed by atoms with E-state index in [1.54, 1.807) is 7.11 Å². The molecule has 1 atom stereocenters. The number of hydrogen-bond acceptors (Lipinski definition) is 3. The maximum absolute atomic E-state index is 6.36.